The quantitative estimate of drug-likeness (QED) is 0.750. The number of fused-ring (bicyclic) bond motifs is 1. The number of pyridine rings is 1. The van der Waals surface area contributed by atoms with Gasteiger partial charge < -0.3 is 0 Å². The van der Waals surface area contributed by atoms with Crippen molar-refractivity contribution < 1.29 is 0 Å². The lowest BCUT2D eigenvalue weighted by atomic mass is 10.1. The van der Waals surface area contributed by atoms with Crippen molar-refractivity contribution in [3.63, 3.8) is 0 Å². The molecule has 0 amide bonds. The lowest BCUT2D eigenvalue weighted by Crippen LogP contribution is -1.91. The summed E-state index contributed by atoms with van der Waals surface area (Å²) in [6, 6.07) is 0. The molecule has 0 aliphatic heterocycles. The molecule has 2 aromatic rings. The predicted octanol–water partition coefficient (Wildman–Crippen LogP) is 3.29. The molecule has 0 fully saturated rings. The standard InChI is InChI=1S/C11H12N2S/c1-4-8-5-12-9(7(2)3)10-11(8)14-6-13-10/h5-6H,2,4H2,1,3H3. The van der Waals surface area contributed by atoms with Gasteiger partial charge in [0.15, 0.2) is 0 Å². The van der Waals surface area contributed by atoms with Crippen molar-refractivity contribution in [3.8, 4) is 0 Å². The maximum Gasteiger partial charge on any atom is 0.107 e. The Balaban J connectivity index is 2.78. The van der Waals surface area contributed by atoms with Crippen LogP contribution in [0.4, 0.5) is 0 Å². The van der Waals surface area contributed by atoms with E-state index in [1.54, 1.807) is 11.3 Å². The highest BCUT2D eigenvalue weighted by Crippen LogP contribution is 2.27. The van der Waals surface area contributed by atoms with Gasteiger partial charge in [0.25, 0.3) is 0 Å². The molecule has 2 heterocycles. The van der Waals surface area contributed by atoms with Crippen LogP contribution in [0.3, 0.4) is 0 Å². The topological polar surface area (TPSA) is 25.8 Å². The van der Waals surface area contributed by atoms with Gasteiger partial charge in [-0.1, -0.05) is 13.5 Å². The summed E-state index contributed by atoms with van der Waals surface area (Å²) in [5.41, 5.74) is 6.05. The van der Waals surface area contributed by atoms with Gasteiger partial charge in [0.2, 0.25) is 0 Å². The van der Waals surface area contributed by atoms with Gasteiger partial charge in [-0.3, -0.25) is 4.98 Å². The molecule has 14 heavy (non-hydrogen) atoms. The molecule has 0 saturated heterocycles. The van der Waals surface area contributed by atoms with E-state index in [0.717, 1.165) is 23.2 Å². The minimum Gasteiger partial charge on any atom is -0.254 e. The van der Waals surface area contributed by atoms with Gasteiger partial charge >= 0.3 is 0 Å². The number of rotatable bonds is 2. The third-order valence-electron chi connectivity index (χ3n) is 2.22. The lowest BCUT2D eigenvalue weighted by Gasteiger charge is -2.03. The summed E-state index contributed by atoms with van der Waals surface area (Å²) < 4.78 is 1.25. The predicted molar refractivity (Wildman–Crippen MR) is 61.5 cm³/mol. The molecule has 0 spiro atoms. The Hall–Kier alpha value is -1.22. The van der Waals surface area contributed by atoms with Crippen molar-refractivity contribution in [1.29, 1.82) is 0 Å². The van der Waals surface area contributed by atoms with E-state index in [-0.39, 0.29) is 0 Å². The van der Waals surface area contributed by atoms with Crippen LogP contribution in [0.5, 0.6) is 0 Å². The molecule has 3 heteroatoms. The first-order valence-electron chi connectivity index (χ1n) is 4.61. The first-order valence-corrected chi connectivity index (χ1v) is 5.49. The summed E-state index contributed by atoms with van der Waals surface area (Å²) in [6.07, 6.45) is 2.94. The molecule has 0 N–H and O–H groups in total. The minimum absolute atomic E-state index is 0.929. The van der Waals surface area contributed by atoms with Crippen LogP contribution in [0.15, 0.2) is 18.3 Å². The van der Waals surface area contributed by atoms with Crippen LogP contribution in [0.2, 0.25) is 0 Å². The fourth-order valence-corrected chi connectivity index (χ4v) is 2.34. The molecule has 0 atom stereocenters. The van der Waals surface area contributed by atoms with Gasteiger partial charge in [0.05, 0.1) is 15.9 Å². The summed E-state index contributed by atoms with van der Waals surface area (Å²) in [6.45, 7) is 8.01. The summed E-state index contributed by atoms with van der Waals surface area (Å²) in [5, 5.41) is 0. The second-order valence-corrected chi connectivity index (χ2v) is 4.15. The second kappa shape index (κ2) is 3.50. The van der Waals surface area contributed by atoms with Crippen molar-refractivity contribution in [2.45, 2.75) is 20.3 Å². The molecular formula is C11H12N2S. The zero-order valence-electron chi connectivity index (χ0n) is 8.37. The van der Waals surface area contributed by atoms with Crippen LogP contribution in [-0.4, -0.2) is 9.97 Å². The Kier molecular flexibility index (Phi) is 2.33. The number of hydrogen-bond acceptors (Lipinski definition) is 3. The maximum atomic E-state index is 4.39. The van der Waals surface area contributed by atoms with Crippen LogP contribution in [0.25, 0.3) is 15.8 Å². The van der Waals surface area contributed by atoms with Crippen molar-refractivity contribution in [3.05, 3.63) is 29.5 Å². The molecule has 0 bridgehead atoms. The third-order valence-corrected chi connectivity index (χ3v) is 3.12. The Labute approximate surface area is 87.3 Å². The maximum absolute atomic E-state index is 4.39. The van der Waals surface area contributed by atoms with Gasteiger partial charge in [0, 0.05) is 6.20 Å². The van der Waals surface area contributed by atoms with Gasteiger partial charge in [0.1, 0.15) is 5.52 Å². The largest absolute Gasteiger partial charge is 0.254 e. The summed E-state index contributed by atoms with van der Waals surface area (Å²) in [4.78, 5) is 8.74. The SMILES string of the molecule is C=C(C)c1ncc(CC)c2scnc12. The molecule has 2 rings (SSSR count). The molecule has 2 aromatic heterocycles. The average Bonchev–Trinajstić information content (AvgIpc) is 2.64. The highest BCUT2D eigenvalue weighted by molar-refractivity contribution is 7.17. The van der Waals surface area contributed by atoms with Gasteiger partial charge in [-0.05, 0) is 24.5 Å². The first-order chi connectivity index (χ1) is 6.74. The van der Waals surface area contributed by atoms with E-state index in [1.807, 2.05) is 18.6 Å². The number of allylic oxidation sites excluding steroid dienone is 1. The van der Waals surface area contributed by atoms with E-state index < -0.39 is 0 Å². The summed E-state index contributed by atoms with van der Waals surface area (Å²) >= 11 is 1.68. The van der Waals surface area contributed by atoms with Crippen LogP contribution < -0.4 is 0 Å². The second-order valence-electron chi connectivity index (χ2n) is 3.30. The summed E-state index contributed by atoms with van der Waals surface area (Å²) in [7, 11) is 0. The lowest BCUT2D eigenvalue weighted by molar-refractivity contribution is 1.12. The van der Waals surface area contributed by atoms with E-state index in [1.165, 1.54) is 10.3 Å². The van der Waals surface area contributed by atoms with Crippen LogP contribution in [-0.2, 0) is 6.42 Å². The van der Waals surface area contributed by atoms with Crippen molar-refractivity contribution >= 4 is 27.1 Å². The monoisotopic (exact) mass is 204 g/mol. The fourth-order valence-electron chi connectivity index (χ4n) is 1.47. The third kappa shape index (κ3) is 1.34. The molecule has 0 unspecified atom stereocenters. The Bertz CT molecular complexity index is 485. The van der Waals surface area contributed by atoms with Gasteiger partial charge in [-0.15, -0.1) is 11.3 Å². The number of nitrogens with zero attached hydrogens (tertiary/aromatic N) is 2. The fraction of sp³-hybridized carbons (Fsp3) is 0.273. The molecule has 0 aliphatic carbocycles. The number of aryl methyl sites for hydroxylation is 1. The Morgan fingerprint density at radius 1 is 1.50 bits per heavy atom. The number of hydrogen-bond donors (Lipinski definition) is 0. The molecular weight excluding hydrogens is 192 g/mol. The van der Waals surface area contributed by atoms with Crippen molar-refractivity contribution in [2.24, 2.45) is 0 Å². The average molecular weight is 204 g/mol. The zero-order chi connectivity index (χ0) is 10.1. The number of aromatic nitrogens is 2. The smallest absolute Gasteiger partial charge is 0.107 e. The summed E-state index contributed by atoms with van der Waals surface area (Å²) in [5.74, 6) is 0. The van der Waals surface area contributed by atoms with E-state index in [9.17, 15) is 0 Å². The van der Waals surface area contributed by atoms with Crippen LogP contribution in [0, 0.1) is 0 Å². The van der Waals surface area contributed by atoms with Crippen molar-refractivity contribution in [2.75, 3.05) is 0 Å². The highest BCUT2D eigenvalue weighted by Gasteiger charge is 2.09. The van der Waals surface area contributed by atoms with Gasteiger partial charge in [-0.2, -0.15) is 0 Å². The van der Waals surface area contributed by atoms with E-state index in [2.05, 4.69) is 23.5 Å². The normalized spacial score (nSPS) is 10.7. The first kappa shape index (κ1) is 9.34. The molecule has 0 saturated carbocycles. The highest BCUT2D eigenvalue weighted by atomic mass is 32.1. The Morgan fingerprint density at radius 3 is 2.93 bits per heavy atom. The molecule has 0 aromatic carbocycles. The van der Waals surface area contributed by atoms with E-state index in [0.29, 0.717) is 0 Å². The van der Waals surface area contributed by atoms with Crippen LogP contribution in [0.1, 0.15) is 25.1 Å². The molecule has 2 nitrogen and oxygen atoms in total. The van der Waals surface area contributed by atoms with E-state index >= 15 is 0 Å². The van der Waals surface area contributed by atoms with E-state index in [4.69, 9.17) is 0 Å². The zero-order valence-corrected chi connectivity index (χ0v) is 9.19. The molecule has 0 radical (unpaired) electrons. The Morgan fingerprint density at radius 2 is 2.29 bits per heavy atom. The van der Waals surface area contributed by atoms with Crippen molar-refractivity contribution in [1.82, 2.24) is 9.97 Å². The molecule has 72 valence electrons. The number of thiazole rings is 1. The minimum atomic E-state index is 0.929. The van der Waals surface area contributed by atoms with Gasteiger partial charge in [-0.25, -0.2) is 4.98 Å². The van der Waals surface area contributed by atoms with Crippen LogP contribution >= 0.6 is 11.3 Å². The molecule has 0 aliphatic rings.